The number of ether oxygens (including phenoxy) is 2. The molecular weight excluding hydrogens is 366 g/mol. The van der Waals surface area contributed by atoms with Gasteiger partial charge in [0.15, 0.2) is 0 Å². The summed E-state index contributed by atoms with van der Waals surface area (Å²) < 4.78 is 11.0. The zero-order chi connectivity index (χ0) is 20.7. The quantitative estimate of drug-likeness (QED) is 0.597. The smallest absolute Gasteiger partial charge is 0.338 e. The molecule has 0 unspecified atom stereocenters. The van der Waals surface area contributed by atoms with Crippen molar-refractivity contribution < 1.29 is 14.3 Å². The molecule has 0 aliphatic carbocycles. The van der Waals surface area contributed by atoms with Crippen LogP contribution in [0.5, 0.6) is 11.6 Å². The molecule has 0 saturated carbocycles. The lowest BCUT2D eigenvalue weighted by atomic mass is 10.1. The number of esters is 1. The summed E-state index contributed by atoms with van der Waals surface area (Å²) in [4.78, 5) is 20.1. The van der Waals surface area contributed by atoms with Gasteiger partial charge in [-0.25, -0.2) is 9.78 Å². The van der Waals surface area contributed by atoms with Gasteiger partial charge in [0.05, 0.1) is 11.8 Å². The van der Waals surface area contributed by atoms with Crippen molar-refractivity contribution >= 4 is 5.97 Å². The lowest BCUT2D eigenvalue weighted by molar-refractivity contribution is 0.00695. The Morgan fingerprint density at radius 2 is 1.55 bits per heavy atom. The highest BCUT2D eigenvalue weighted by Gasteiger charge is 2.17. The van der Waals surface area contributed by atoms with Gasteiger partial charge in [0.2, 0.25) is 5.88 Å². The largest absolute Gasteiger partial charge is 0.456 e. The van der Waals surface area contributed by atoms with Crippen LogP contribution in [0, 0.1) is 0 Å². The Morgan fingerprint density at radius 1 is 0.931 bits per heavy atom. The lowest BCUT2D eigenvalue weighted by Gasteiger charge is -2.19. The summed E-state index contributed by atoms with van der Waals surface area (Å²) in [5.74, 6) is 0.876. The van der Waals surface area contributed by atoms with Crippen molar-refractivity contribution in [2.75, 3.05) is 0 Å². The van der Waals surface area contributed by atoms with Crippen molar-refractivity contribution in [2.24, 2.45) is 0 Å². The number of hydrogen-bond acceptors (Lipinski definition) is 6. The van der Waals surface area contributed by atoms with Gasteiger partial charge in [0, 0.05) is 25.5 Å². The zero-order valence-corrected chi connectivity index (χ0v) is 16.9. The van der Waals surface area contributed by atoms with E-state index in [2.05, 4.69) is 15.3 Å². The summed E-state index contributed by atoms with van der Waals surface area (Å²) in [6.45, 7) is 7.00. The molecule has 0 bridgehead atoms. The monoisotopic (exact) mass is 391 g/mol. The highest BCUT2D eigenvalue weighted by Crippen LogP contribution is 2.18. The van der Waals surface area contributed by atoms with Crippen LogP contribution in [0.3, 0.4) is 0 Å². The third-order valence-corrected chi connectivity index (χ3v) is 3.93. The number of hydrogen-bond donors (Lipinski definition) is 1. The van der Waals surface area contributed by atoms with Crippen LogP contribution >= 0.6 is 0 Å². The van der Waals surface area contributed by atoms with Crippen LogP contribution in [-0.4, -0.2) is 21.5 Å². The summed E-state index contributed by atoms with van der Waals surface area (Å²) in [6, 6.07) is 15.3. The Morgan fingerprint density at radius 3 is 2.10 bits per heavy atom. The Balaban J connectivity index is 1.46. The van der Waals surface area contributed by atoms with Gasteiger partial charge in [-0.2, -0.15) is 0 Å². The van der Waals surface area contributed by atoms with Crippen LogP contribution in [-0.2, 0) is 17.8 Å². The first-order chi connectivity index (χ1) is 13.9. The fourth-order valence-corrected chi connectivity index (χ4v) is 2.58. The molecule has 0 spiro atoms. The normalized spacial score (nSPS) is 11.1. The average Bonchev–Trinajstić information content (AvgIpc) is 2.69. The molecule has 0 radical (unpaired) electrons. The van der Waals surface area contributed by atoms with Crippen LogP contribution in [0.4, 0.5) is 0 Å². The fraction of sp³-hybridized carbons (Fsp3) is 0.261. The summed E-state index contributed by atoms with van der Waals surface area (Å²) in [7, 11) is 0. The number of benzene rings is 2. The molecule has 6 heteroatoms. The highest BCUT2D eigenvalue weighted by molar-refractivity contribution is 5.89. The zero-order valence-electron chi connectivity index (χ0n) is 16.9. The van der Waals surface area contributed by atoms with E-state index in [0.29, 0.717) is 23.7 Å². The van der Waals surface area contributed by atoms with Crippen LogP contribution in [0.15, 0.2) is 67.1 Å². The number of carbonyl (C=O) groups excluding carboxylic acids is 1. The van der Waals surface area contributed by atoms with Crippen LogP contribution in [0.25, 0.3) is 0 Å². The standard InChI is InChI=1S/C23H25N3O3/c1-23(2,3)29-22(27)19-8-4-17(5-9-19)14-25-15-18-6-10-20(11-7-18)28-21-16-24-12-13-26-21/h4-13,16,25H,14-15H2,1-3H3. The molecule has 0 saturated heterocycles. The van der Waals surface area contributed by atoms with E-state index in [9.17, 15) is 4.79 Å². The maximum absolute atomic E-state index is 12.1. The lowest BCUT2D eigenvalue weighted by Crippen LogP contribution is -2.23. The van der Waals surface area contributed by atoms with Gasteiger partial charge in [-0.05, 0) is 56.2 Å². The van der Waals surface area contributed by atoms with E-state index in [0.717, 1.165) is 17.7 Å². The van der Waals surface area contributed by atoms with Gasteiger partial charge in [-0.3, -0.25) is 4.98 Å². The maximum atomic E-state index is 12.1. The Kier molecular flexibility index (Phi) is 6.57. The van der Waals surface area contributed by atoms with E-state index >= 15 is 0 Å². The first-order valence-electron chi connectivity index (χ1n) is 9.45. The second-order valence-corrected chi connectivity index (χ2v) is 7.59. The second kappa shape index (κ2) is 9.30. The highest BCUT2D eigenvalue weighted by atomic mass is 16.6. The molecule has 3 aromatic rings. The molecule has 0 fully saturated rings. The fourth-order valence-electron chi connectivity index (χ4n) is 2.58. The van der Waals surface area contributed by atoms with Gasteiger partial charge in [-0.1, -0.05) is 24.3 Å². The summed E-state index contributed by atoms with van der Waals surface area (Å²) in [5, 5.41) is 3.39. The van der Waals surface area contributed by atoms with E-state index < -0.39 is 5.60 Å². The Labute approximate surface area is 170 Å². The van der Waals surface area contributed by atoms with Gasteiger partial charge in [0.25, 0.3) is 0 Å². The summed E-state index contributed by atoms with van der Waals surface area (Å²) in [5.41, 5.74) is 2.30. The number of carbonyl (C=O) groups is 1. The van der Waals surface area contributed by atoms with E-state index in [1.54, 1.807) is 30.7 Å². The molecule has 1 N–H and O–H groups in total. The van der Waals surface area contributed by atoms with Gasteiger partial charge in [-0.15, -0.1) is 0 Å². The minimum absolute atomic E-state index is 0.305. The van der Waals surface area contributed by atoms with Crippen molar-refractivity contribution in [3.05, 3.63) is 83.8 Å². The van der Waals surface area contributed by atoms with Crippen molar-refractivity contribution in [3.8, 4) is 11.6 Å². The molecule has 1 aromatic heterocycles. The minimum atomic E-state index is -0.494. The van der Waals surface area contributed by atoms with E-state index in [-0.39, 0.29) is 5.97 Å². The number of rotatable bonds is 7. The molecule has 0 aliphatic rings. The third kappa shape index (κ3) is 6.69. The molecule has 0 amide bonds. The van der Waals surface area contributed by atoms with E-state index in [4.69, 9.17) is 9.47 Å². The molecule has 150 valence electrons. The number of nitrogens with one attached hydrogen (secondary N) is 1. The molecule has 0 aliphatic heterocycles. The van der Waals surface area contributed by atoms with Crippen LogP contribution < -0.4 is 10.1 Å². The molecule has 6 nitrogen and oxygen atoms in total. The van der Waals surface area contributed by atoms with Crippen molar-refractivity contribution in [1.29, 1.82) is 0 Å². The topological polar surface area (TPSA) is 73.3 Å². The Hall–Kier alpha value is -3.25. The van der Waals surface area contributed by atoms with Gasteiger partial charge < -0.3 is 14.8 Å². The van der Waals surface area contributed by atoms with Gasteiger partial charge >= 0.3 is 5.97 Å². The molecule has 0 atom stereocenters. The van der Waals surface area contributed by atoms with Gasteiger partial charge in [0.1, 0.15) is 11.4 Å². The molecule has 3 rings (SSSR count). The summed E-state index contributed by atoms with van der Waals surface area (Å²) >= 11 is 0. The predicted molar refractivity (Wildman–Crippen MR) is 111 cm³/mol. The number of aromatic nitrogens is 2. The Bertz CT molecular complexity index is 918. The SMILES string of the molecule is CC(C)(C)OC(=O)c1ccc(CNCc2ccc(Oc3cnccn3)cc2)cc1. The van der Waals surface area contributed by atoms with E-state index in [1.807, 2.05) is 57.2 Å². The molecule has 29 heavy (non-hydrogen) atoms. The first kappa shape index (κ1) is 20.5. The first-order valence-corrected chi connectivity index (χ1v) is 9.45. The van der Waals surface area contributed by atoms with Crippen LogP contribution in [0.1, 0.15) is 42.3 Å². The van der Waals surface area contributed by atoms with Crippen molar-refractivity contribution in [1.82, 2.24) is 15.3 Å². The maximum Gasteiger partial charge on any atom is 0.338 e. The average molecular weight is 391 g/mol. The van der Waals surface area contributed by atoms with E-state index in [1.165, 1.54) is 0 Å². The molecule has 2 aromatic carbocycles. The second-order valence-electron chi connectivity index (χ2n) is 7.59. The minimum Gasteiger partial charge on any atom is -0.456 e. The van der Waals surface area contributed by atoms with Crippen molar-refractivity contribution in [2.45, 2.75) is 39.5 Å². The predicted octanol–water partition coefficient (Wildman–Crippen LogP) is 4.51. The van der Waals surface area contributed by atoms with Crippen molar-refractivity contribution in [3.63, 3.8) is 0 Å². The number of nitrogens with zero attached hydrogens (tertiary/aromatic N) is 2. The molecule has 1 heterocycles. The third-order valence-electron chi connectivity index (χ3n) is 3.93. The molecular formula is C23H25N3O3. The summed E-state index contributed by atoms with van der Waals surface area (Å²) in [6.07, 6.45) is 4.77. The van der Waals surface area contributed by atoms with Crippen LogP contribution in [0.2, 0.25) is 0 Å².